The fourth-order valence-electron chi connectivity index (χ4n) is 2.62. The van der Waals surface area contributed by atoms with Gasteiger partial charge in [-0.15, -0.1) is 0 Å². The lowest BCUT2D eigenvalue weighted by Crippen LogP contribution is -2.33. The van der Waals surface area contributed by atoms with Gasteiger partial charge in [0.2, 0.25) is 0 Å². The minimum Gasteiger partial charge on any atom is -0.313 e. The Morgan fingerprint density at radius 1 is 1.25 bits per heavy atom. The van der Waals surface area contributed by atoms with Gasteiger partial charge in [-0.3, -0.25) is 0 Å². The number of rotatable bonds is 8. The van der Waals surface area contributed by atoms with E-state index in [9.17, 15) is 0 Å². The second kappa shape index (κ2) is 8.81. The van der Waals surface area contributed by atoms with E-state index in [1.807, 2.05) is 7.05 Å². The van der Waals surface area contributed by atoms with Gasteiger partial charge >= 0.3 is 0 Å². The van der Waals surface area contributed by atoms with Gasteiger partial charge in [0.25, 0.3) is 0 Å². The third-order valence-electron chi connectivity index (χ3n) is 3.93. The van der Waals surface area contributed by atoms with Crippen LogP contribution in [0.15, 0.2) is 28.7 Å². The van der Waals surface area contributed by atoms with Gasteiger partial charge in [0.15, 0.2) is 0 Å². The van der Waals surface area contributed by atoms with Crippen molar-refractivity contribution < 1.29 is 0 Å². The van der Waals surface area contributed by atoms with Crippen LogP contribution in [0, 0.1) is 5.92 Å². The van der Waals surface area contributed by atoms with Gasteiger partial charge in [0.1, 0.15) is 0 Å². The quantitative estimate of drug-likeness (QED) is 0.751. The average Bonchev–Trinajstić information content (AvgIpc) is 2.38. The summed E-state index contributed by atoms with van der Waals surface area (Å²) in [6.45, 7) is 8.03. The Bertz CT molecular complexity index is 392. The lowest BCUT2D eigenvalue weighted by molar-refractivity contribution is 0.218. The highest BCUT2D eigenvalue weighted by molar-refractivity contribution is 9.10. The van der Waals surface area contributed by atoms with E-state index in [2.05, 4.69) is 78.2 Å². The van der Waals surface area contributed by atoms with Crippen molar-refractivity contribution in [1.82, 2.24) is 10.2 Å². The number of benzene rings is 1. The van der Waals surface area contributed by atoms with Crippen molar-refractivity contribution >= 4 is 15.9 Å². The molecule has 0 bridgehead atoms. The van der Waals surface area contributed by atoms with Gasteiger partial charge in [-0.05, 0) is 64.0 Å². The first kappa shape index (κ1) is 17.7. The van der Waals surface area contributed by atoms with Crippen LogP contribution in [-0.2, 0) is 0 Å². The van der Waals surface area contributed by atoms with Crippen molar-refractivity contribution in [3.05, 3.63) is 34.3 Å². The molecule has 1 rings (SSSR count). The maximum atomic E-state index is 3.55. The minimum absolute atomic E-state index is 0.418. The summed E-state index contributed by atoms with van der Waals surface area (Å²) in [6, 6.07) is 9.65. The van der Waals surface area contributed by atoms with E-state index in [0.717, 1.165) is 23.4 Å². The Morgan fingerprint density at radius 2 is 1.95 bits per heavy atom. The average molecular weight is 341 g/mol. The van der Waals surface area contributed by atoms with Crippen LogP contribution in [0.2, 0.25) is 0 Å². The van der Waals surface area contributed by atoms with Crippen LogP contribution in [-0.4, -0.2) is 31.6 Å². The van der Waals surface area contributed by atoms with Crippen LogP contribution in [0.1, 0.15) is 45.2 Å². The molecule has 0 heterocycles. The van der Waals surface area contributed by atoms with Gasteiger partial charge in [-0.25, -0.2) is 0 Å². The van der Waals surface area contributed by atoms with Crippen LogP contribution in [0.4, 0.5) is 0 Å². The molecule has 0 aliphatic heterocycles. The van der Waals surface area contributed by atoms with E-state index < -0.39 is 0 Å². The molecule has 2 unspecified atom stereocenters. The highest BCUT2D eigenvalue weighted by atomic mass is 79.9. The normalized spacial score (nSPS) is 14.8. The molecule has 3 heteroatoms. The molecule has 2 nitrogen and oxygen atoms in total. The second-order valence-corrected chi connectivity index (χ2v) is 7.06. The minimum atomic E-state index is 0.418. The van der Waals surface area contributed by atoms with Gasteiger partial charge in [0.05, 0.1) is 0 Å². The van der Waals surface area contributed by atoms with Crippen LogP contribution in [0.25, 0.3) is 0 Å². The molecular formula is C17H29BrN2. The monoisotopic (exact) mass is 340 g/mol. The second-order valence-electron chi connectivity index (χ2n) is 6.14. The molecule has 1 N–H and O–H groups in total. The highest BCUT2D eigenvalue weighted by Crippen LogP contribution is 2.21. The third-order valence-corrected chi connectivity index (χ3v) is 4.43. The van der Waals surface area contributed by atoms with E-state index >= 15 is 0 Å². The Labute approximate surface area is 133 Å². The number of halogens is 1. The summed E-state index contributed by atoms with van der Waals surface area (Å²) in [5.74, 6) is 0.762. The molecule has 2 atom stereocenters. The first-order valence-electron chi connectivity index (χ1n) is 7.57. The van der Waals surface area contributed by atoms with Gasteiger partial charge in [-0.1, -0.05) is 41.9 Å². The molecule has 1 aromatic carbocycles. The molecule has 0 saturated carbocycles. The number of hydrogen-bond donors (Lipinski definition) is 1. The smallest absolute Gasteiger partial charge is 0.0330 e. The number of nitrogens with one attached hydrogen (secondary N) is 1. The fourth-order valence-corrected chi connectivity index (χ4v) is 3.03. The van der Waals surface area contributed by atoms with Crippen molar-refractivity contribution in [3.63, 3.8) is 0 Å². The predicted molar refractivity (Wildman–Crippen MR) is 92.1 cm³/mol. The van der Waals surface area contributed by atoms with Crippen LogP contribution < -0.4 is 5.32 Å². The summed E-state index contributed by atoms with van der Waals surface area (Å²) in [5.41, 5.74) is 1.35. The Balaban J connectivity index is 2.53. The summed E-state index contributed by atoms with van der Waals surface area (Å²) in [6.07, 6.45) is 2.39. The summed E-state index contributed by atoms with van der Waals surface area (Å²) in [7, 11) is 4.28. The summed E-state index contributed by atoms with van der Waals surface area (Å²) >= 11 is 3.55. The molecule has 0 amide bonds. The molecular weight excluding hydrogens is 312 g/mol. The van der Waals surface area contributed by atoms with Gasteiger partial charge < -0.3 is 10.2 Å². The Kier molecular flexibility index (Phi) is 7.78. The Morgan fingerprint density at radius 3 is 2.50 bits per heavy atom. The van der Waals surface area contributed by atoms with Crippen LogP contribution >= 0.6 is 15.9 Å². The zero-order valence-corrected chi connectivity index (χ0v) is 15.1. The van der Waals surface area contributed by atoms with E-state index in [1.165, 1.54) is 12.0 Å². The van der Waals surface area contributed by atoms with E-state index in [1.54, 1.807) is 0 Å². The lowest BCUT2D eigenvalue weighted by atomic mass is 10.0. The SMILES string of the molecule is CNC(CCN(C)C(C)CC(C)C)c1cccc(Br)c1. The van der Waals surface area contributed by atoms with E-state index in [0.29, 0.717) is 12.1 Å². The first-order valence-corrected chi connectivity index (χ1v) is 8.36. The molecule has 0 spiro atoms. The molecule has 20 heavy (non-hydrogen) atoms. The molecule has 0 aliphatic carbocycles. The lowest BCUT2D eigenvalue weighted by Gasteiger charge is -2.28. The third kappa shape index (κ3) is 5.94. The van der Waals surface area contributed by atoms with E-state index in [4.69, 9.17) is 0 Å². The summed E-state index contributed by atoms with van der Waals surface area (Å²) < 4.78 is 1.15. The van der Waals surface area contributed by atoms with Crippen molar-refractivity contribution in [2.24, 2.45) is 5.92 Å². The molecule has 0 fully saturated rings. The molecule has 0 aliphatic rings. The van der Waals surface area contributed by atoms with Crippen molar-refractivity contribution in [2.75, 3.05) is 20.6 Å². The number of hydrogen-bond acceptors (Lipinski definition) is 2. The topological polar surface area (TPSA) is 15.3 Å². The van der Waals surface area contributed by atoms with Gasteiger partial charge in [0, 0.05) is 16.6 Å². The van der Waals surface area contributed by atoms with Crippen LogP contribution in [0.3, 0.4) is 0 Å². The van der Waals surface area contributed by atoms with Crippen molar-refractivity contribution in [1.29, 1.82) is 0 Å². The zero-order valence-electron chi connectivity index (χ0n) is 13.5. The Hall–Kier alpha value is -0.380. The highest BCUT2D eigenvalue weighted by Gasteiger charge is 2.14. The maximum absolute atomic E-state index is 3.55. The molecule has 0 saturated heterocycles. The van der Waals surface area contributed by atoms with Crippen LogP contribution in [0.5, 0.6) is 0 Å². The summed E-state index contributed by atoms with van der Waals surface area (Å²) in [4.78, 5) is 2.47. The zero-order chi connectivity index (χ0) is 15.1. The maximum Gasteiger partial charge on any atom is 0.0330 e. The molecule has 114 valence electrons. The van der Waals surface area contributed by atoms with Crippen molar-refractivity contribution in [2.45, 2.75) is 45.7 Å². The predicted octanol–water partition coefficient (Wildman–Crippen LogP) is 4.47. The summed E-state index contributed by atoms with van der Waals surface area (Å²) in [5, 5.41) is 3.43. The van der Waals surface area contributed by atoms with Gasteiger partial charge in [-0.2, -0.15) is 0 Å². The molecule has 0 radical (unpaired) electrons. The van der Waals surface area contributed by atoms with Crippen molar-refractivity contribution in [3.8, 4) is 0 Å². The standard InChI is InChI=1S/C17H29BrN2/c1-13(2)11-14(3)20(5)10-9-17(19-4)15-7-6-8-16(18)12-15/h6-8,12-14,17,19H,9-11H2,1-5H3. The van der Waals surface area contributed by atoms with E-state index in [-0.39, 0.29) is 0 Å². The molecule has 0 aromatic heterocycles. The largest absolute Gasteiger partial charge is 0.313 e. The first-order chi connectivity index (χ1) is 9.43. The fraction of sp³-hybridized carbons (Fsp3) is 0.647. The number of nitrogens with zero attached hydrogens (tertiary/aromatic N) is 1. The molecule has 1 aromatic rings.